The lowest BCUT2D eigenvalue weighted by Crippen LogP contribution is -2.28. The van der Waals surface area contributed by atoms with Crippen LogP contribution in [0.4, 0.5) is 5.69 Å². The van der Waals surface area contributed by atoms with Crippen molar-refractivity contribution in [3.63, 3.8) is 0 Å². The first kappa shape index (κ1) is 20.0. The van der Waals surface area contributed by atoms with Crippen LogP contribution in [-0.2, 0) is 10.0 Å². The first-order valence-electron chi connectivity index (χ1n) is 8.43. The monoisotopic (exact) mass is 374 g/mol. The van der Waals surface area contributed by atoms with E-state index in [9.17, 15) is 13.2 Å². The summed E-state index contributed by atoms with van der Waals surface area (Å²) >= 11 is 0. The van der Waals surface area contributed by atoms with Crippen LogP contribution in [-0.4, -0.2) is 27.6 Å². The molecule has 1 amide bonds. The molecule has 0 aliphatic heterocycles. The van der Waals surface area contributed by atoms with Gasteiger partial charge in [0.15, 0.2) is 0 Å². The highest BCUT2D eigenvalue weighted by Crippen LogP contribution is 2.23. The zero-order chi connectivity index (χ0) is 19.6. The molecule has 26 heavy (non-hydrogen) atoms. The average Bonchev–Trinajstić information content (AvgIpc) is 2.56. The van der Waals surface area contributed by atoms with Gasteiger partial charge in [0.2, 0.25) is 10.0 Å². The maximum atomic E-state index is 12.6. The Balaban J connectivity index is 2.25. The van der Waals surface area contributed by atoms with E-state index in [1.807, 2.05) is 32.9 Å². The molecule has 0 aromatic heterocycles. The van der Waals surface area contributed by atoms with E-state index in [1.165, 1.54) is 22.5 Å². The summed E-state index contributed by atoms with van der Waals surface area (Å²) in [5.74, 6) is -0.237. The summed E-state index contributed by atoms with van der Waals surface area (Å²) < 4.78 is 24.8. The smallest absolute Gasteiger partial charge is 0.251 e. The number of carbonyl (C=O) groups is 1. The van der Waals surface area contributed by atoms with Gasteiger partial charge in [0.05, 0.1) is 18.0 Å². The second-order valence-electron chi connectivity index (χ2n) is 6.77. The lowest BCUT2D eigenvalue weighted by molar-refractivity contribution is 0.0940. The van der Waals surface area contributed by atoms with Crippen molar-refractivity contribution in [3.8, 4) is 0 Å². The van der Waals surface area contributed by atoms with Crippen molar-refractivity contribution in [3.05, 3.63) is 64.2 Å². The molecule has 6 heteroatoms. The average molecular weight is 375 g/mol. The Kier molecular flexibility index (Phi) is 5.76. The summed E-state index contributed by atoms with van der Waals surface area (Å²) in [6, 6.07) is 11.0. The van der Waals surface area contributed by atoms with E-state index in [0.717, 1.165) is 17.4 Å². The van der Waals surface area contributed by atoms with E-state index >= 15 is 0 Å². The maximum absolute atomic E-state index is 12.6. The van der Waals surface area contributed by atoms with Crippen LogP contribution < -0.4 is 9.62 Å². The number of rotatable bonds is 5. The SMILES string of the molecule is Cc1ccc([C@@H](C)NC(=O)c2ccc(C)c(N(C)S(C)(=O)=O)c2)cc1C. The number of aryl methyl sites for hydroxylation is 3. The predicted molar refractivity (Wildman–Crippen MR) is 106 cm³/mol. The third-order valence-electron chi connectivity index (χ3n) is 4.69. The van der Waals surface area contributed by atoms with E-state index in [-0.39, 0.29) is 11.9 Å². The molecule has 0 saturated heterocycles. The molecule has 1 N–H and O–H groups in total. The molecule has 0 saturated carbocycles. The normalized spacial score (nSPS) is 12.5. The topological polar surface area (TPSA) is 66.5 Å². The molecule has 0 fully saturated rings. The fourth-order valence-electron chi connectivity index (χ4n) is 2.67. The molecule has 5 nitrogen and oxygen atoms in total. The number of sulfonamides is 1. The van der Waals surface area contributed by atoms with Gasteiger partial charge in [-0.05, 0) is 62.1 Å². The van der Waals surface area contributed by atoms with Gasteiger partial charge in [0, 0.05) is 12.6 Å². The summed E-state index contributed by atoms with van der Waals surface area (Å²) in [6.07, 6.45) is 1.14. The minimum atomic E-state index is -3.39. The summed E-state index contributed by atoms with van der Waals surface area (Å²) in [6.45, 7) is 7.84. The maximum Gasteiger partial charge on any atom is 0.251 e. The van der Waals surface area contributed by atoms with Gasteiger partial charge in [0.25, 0.3) is 5.91 Å². The first-order chi connectivity index (χ1) is 12.0. The Labute approximate surface area is 156 Å². The molecule has 2 rings (SSSR count). The summed E-state index contributed by atoms with van der Waals surface area (Å²) in [7, 11) is -1.91. The molecule has 0 heterocycles. The third kappa shape index (κ3) is 4.43. The second kappa shape index (κ2) is 7.50. The van der Waals surface area contributed by atoms with Crippen LogP contribution in [0.1, 0.15) is 45.6 Å². The van der Waals surface area contributed by atoms with E-state index < -0.39 is 10.0 Å². The fourth-order valence-corrected chi connectivity index (χ4v) is 3.22. The van der Waals surface area contributed by atoms with Crippen molar-refractivity contribution >= 4 is 21.6 Å². The number of anilines is 1. The number of benzene rings is 2. The highest BCUT2D eigenvalue weighted by Gasteiger charge is 2.18. The van der Waals surface area contributed by atoms with E-state index in [2.05, 4.69) is 18.3 Å². The molecule has 140 valence electrons. The third-order valence-corrected chi connectivity index (χ3v) is 5.88. The van der Waals surface area contributed by atoms with Crippen LogP contribution >= 0.6 is 0 Å². The quantitative estimate of drug-likeness (QED) is 0.871. The fraction of sp³-hybridized carbons (Fsp3) is 0.350. The van der Waals surface area contributed by atoms with Crippen LogP contribution in [0.25, 0.3) is 0 Å². The van der Waals surface area contributed by atoms with Crippen molar-refractivity contribution in [2.24, 2.45) is 0 Å². The summed E-state index contributed by atoms with van der Waals surface area (Å²) in [5, 5.41) is 2.98. The molecule has 0 aliphatic carbocycles. The molecule has 0 aliphatic rings. The Morgan fingerprint density at radius 1 is 1.00 bits per heavy atom. The molecular formula is C20H26N2O3S. The molecule has 0 radical (unpaired) electrons. The minimum Gasteiger partial charge on any atom is -0.346 e. The Bertz CT molecular complexity index is 936. The van der Waals surface area contributed by atoms with Crippen LogP contribution in [0.5, 0.6) is 0 Å². The number of carbonyl (C=O) groups excluding carboxylic acids is 1. The largest absolute Gasteiger partial charge is 0.346 e. The highest BCUT2D eigenvalue weighted by atomic mass is 32.2. The van der Waals surface area contributed by atoms with Gasteiger partial charge >= 0.3 is 0 Å². The first-order valence-corrected chi connectivity index (χ1v) is 10.3. The standard InChI is InChI=1S/C20H26N2O3S/c1-13-7-9-17(11-15(13)3)16(4)21-20(23)18-10-8-14(2)19(12-18)22(5)26(6,24)25/h7-12,16H,1-6H3,(H,21,23)/t16-/m1/s1. The van der Waals surface area contributed by atoms with Crippen molar-refractivity contribution < 1.29 is 13.2 Å². The predicted octanol–water partition coefficient (Wildman–Crippen LogP) is 3.50. The number of nitrogens with zero attached hydrogens (tertiary/aromatic N) is 1. The van der Waals surface area contributed by atoms with Crippen LogP contribution in [0.15, 0.2) is 36.4 Å². The molecule has 0 bridgehead atoms. The Morgan fingerprint density at radius 3 is 2.19 bits per heavy atom. The molecular weight excluding hydrogens is 348 g/mol. The molecule has 1 atom stereocenters. The van der Waals surface area contributed by atoms with Crippen molar-refractivity contribution in [1.82, 2.24) is 5.32 Å². The van der Waals surface area contributed by atoms with E-state index in [1.54, 1.807) is 18.2 Å². The number of hydrogen-bond donors (Lipinski definition) is 1. The second-order valence-corrected chi connectivity index (χ2v) is 8.78. The molecule has 2 aromatic carbocycles. The van der Waals surface area contributed by atoms with Crippen LogP contribution in [0, 0.1) is 20.8 Å². The van der Waals surface area contributed by atoms with Crippen LogP contribution in [0.3, 0.4) is 0 Å². The Hall–Kier alpha value is -2.34. The number of amides is 1. The zero-order valence-corrected chi connectivity index (χ0v) is 16.9. The van der Waals surface area contributed by atoms with Gasteiger partial charge in [0.1, 0.15) is 0 Å². The van der Waals surface area contributed by atoms with Crippen molar-refractivity contribution in [2.45, 2.75) is 33.7 Å². The molecule has 2 aromatic rings. The van der Waals surface area contributed by atoms with Gasteiger partial charge in [-0.1, -0.05) is 24.3 Å². The summed E-state index contributed by atoms with van der Waals surface area (Å²) in [5.41, 5.74) is 5.13. The zero-order valence-electron chi connectivity index (χ0n) is 16.1. The molecule has 0 spiro atoms. The highest BCUT2D eigenvalue weighted by molar-refractivity contribution is 7.92. The summed E-state index contributed by atoms with van der Waals surface area (Å²) in [4.78, 5) is 12.6. The lowest BCUT2D eigenvalue weighted by atomic mass is 10.0. The molecule has 0 unspecified atom stereocenters. The van der Waals surface area contributed by atoms with Gasteiger partial charge in [-0.25, -0.2) is 8.42 Å². The van der Waals surface area contributed by atoms with Crippen molar-refractivity contribution in [1.29, 1.82) is 0 Å². The number of nitrogens with one attached hydrogen (secondary N) is 1. The van der Waals surface area contributed by atoms with Crippen LogP contribution in [0.2, 0.25) is 0 Å². The van der Waals surface area contributed by atoms with E-state index in [0.29, 0.717) is 11.3 Å². The van der Waals surface area contributed by atoms with Gasteiger partial charge in [-0.15, -0.1) is 0 Å². The van der Waals surface area contributed by atoms with Crippen molar-refractivity contribution in [2.75, 3.05) is 17.6 Å². The number of hydrogen-bond acceptors (Lipinski definition) is 3. The minimum absolute atomic E-state index is 0.154. The van der Waals surface area contributed by atoms with Gasteiger partial charge in [-0.2, -0.15) is 0 Å². The van der Waals surface area contributed by atoms with Gasteiger partial charge in [-0.3, -0.25) is 9.10 Å². The van der Waals surface area contributed by atoms with Gasteiger partial charge < -0.3 is 5.32 Å². The van der Waals surface area contributed by atoms with E-state index in [4.69, 9.17) is 0 Å². The lowest BCUT2D eigenvalue weighted by Gasteiger charge is -2.20. The Morgan fingerprint density at radius 2 is 1.62 bits per heavy atom.